The van der Waals surface area contributed by atoms with Gasteiger partial charge in [0.2, 0.25) is 5.76 Å². The van der Waals surface area contributed by atoms with Crippen molar-refractivity contribution >= 4 is 15.8 Å². The van der Waals surface area contributed by atoms with Gasteiger partial charge in [0.25, 0.3) is 0 Å². The third-order valence-electron chi connectivity index (χ3n) is 3.63. The Balaban J connectivity index is 1.88. The van der Waals surface area contributed by atoms with Crippen molar-refractivity contribution in [2.45, 2.75) is 29.9 Å². The quantitative estimate of drug-likeness (QED) is 0.937. The second-order valence-corrected chi connectivity index (χ2v) is 7.10. The van der Waals surface area contributed by atoms with Crippen molar-refractivity contribution in [3.8, 4) is 0 Å². The normalized spacial score (nSPS) is 14.1. The first-order chi connectivity index (χ1) is 9.95. The molecule has 0 radical (unpaired) electrons. The van der Waals surface area contributed by atoms with Crippen LogP contribution in [0.5, 0.6) is 0 Å². The number of aromatic carboxylic acids is 1. The molecule has 1 heterocycles. The lowest BCUT2D eigenvalue weighted by Gasteiger charge is -2.05. The van der Waals surface area contributed by atoms with Crippen molar-refractivity contribution in [2.24, 2.45) is 0 Å². The molecule has 0 spiro atoms. The molecule has 2 aromatic rings. The summed E-state index contributed by atoms with van der Waals surface area (Å²) in [4.78, 5) is 11.0. The van der Waals surface area contributed by atoms with E-state index in [2.05, 4.69) is 0 Å². The number of fused-ring (bicyclic) bond motifs is 1. The summed E-state index contributed by atoms with van der Waals surface area (Å²) in [7, 11) is -3.53. The van der Waals surface area contributed by atoms with Crippen LogP contribution in [0.25, 0.3) is 0 Å². The molecule has 1 aliphatic rings. The van der Waals surface area contributed by atoms with E-state index in [1.54, 1.807) is 12.1 Å². The van der Waals surface area contributed by atoms with E-state index >= 15 is 0 Å². The predicted octanol–water partition coefficient (Wildman–Crippen LogP) is 2.44. The van der Waals surface area contributed by atoms with Crippen LogP contribution in [0, 0.1) is 0 Å². The van der Waals surface area contributed by atoms with Crippen LogP contribution in [0.4, 0.5) is 0 Å². The number of rotatable bonds is 4. The SMILES string of the molecule is O=C(O)c1ccc(CS(=O)(=O)c2ccc3c(c2)CCC3)o1. The van der Waals surface area contributed by atoms with Gasteiger partial charge in [0.15, 0.2) is 9.84 Å². The maximum atomic E-state index is 12.4. The largest absolute Gasteiger partial charge is 0.475 e. The Morgan fingerprint density at radius 2 is 1.90 bits per heavy atom. The van der Waals surface area contributed by atoms with Gasteiger partial charge in [-0.3, -0.25) is 0 Å². The predicted molar refractivity (Wildman–Crippen MR) is 75.0 cm³/mol. The zero-order valence-electron chi connectivity index (χ0n) is 11.2. The van der Waals surface area contributed by atoms with Gasteiger partial charge in [-0.25, -0.2) is 13.2 Å². The van der Waals surface area contributed by atoms with Crippen LogP contribution in [-0.4, -0.2) is 19.5 Å². The Morgan fingerprint density at radius 3 is 2.62 bits per heavy atom. The van der Waals surface area contributed by atoms with E-state index in [-0.39, 0.29) is 22.2 Å². The number of carbonyl (C=O) groups is 1. The van der Waals surface area contributed by atoms with Crippen LogP contribution < -0.4 is 0 Å². The van der Waals surface area contributed by atoms with Crippen molar-refractivity contribution in [1.29, 1.82) is 0 Å². The van der Waals surface area contributed by atoms with Crippen LogP contribution in [0.3, 0.4) is 0 Å². The van der Waals surface area contributed by atoms with E-state index in [1.165, 1.54) is 17.7 Å². The van der Waals surface area contributed by atoms with Crippen LogP contribution in [0.1, 0.15) is 33.9 Å². The summed E-state index contributed by atoms with van der Waals surface area (Å²) in [6, 6.07) is 7.84. The number of furan rings is 1. The molecule has 0 aliphatic heterocycles. The molecular formula is C15H14O5S. The van der Waals surface area contributed by atoms with Crippen molar-refractivity contribution in [1.82, 2.24) is 0 Å². The molecule has 6 heteroatoms. The summed E-state index contributed by atoms with van der Waals surface area (Å²) in [6.07, 6.45) is 2.96. The summed E-state index contributed by atoms with van der Waals surface area (Å²) in [5.41, 5.74) is 2.29. The van der Waals surface area contributed by atoms with E-state index in [4.69, 9.17) is 9.52 Å². The monoisotopic (exact) mass is 306 g/mol. The zero-order chi connectivity index (χ0) is 15.0. The molecule has 21 heavy (non-hydrogen) atoms. The molecule has 3 rings (SSSR count). The highest BCUT2D eigenvalue weighted by atomic mass is 32.2. The molecule has 0 atom stereocenters. The molecule has 0 saturated carbocycles. The van der Waals surface area contributed by atoms with Crippen molar-refractivity contribution in [3.63, 3.8) is 0 Å². The number of hydrogen-bond acceptors (Lipinski definition) is 4. The van der Waals surface area contributed by atoms with Gasteiger partial charge in [-0.1, -0.05) is 6.07 Å². The molecule has 0 amide bonds. The van der Waals surface area contributed by atoms with Crippen LogP contribution in [0.15, 0.2) is 39.6 Å². The minimum atomic E-state index is -3.53. The van der Waals surface area contributed by atoms with Crippen LogP contribution in [0.2, 0.25) is 0 Å². The van der Waals surface area contributed by atoms with Gasteiger partial charge in [0.1, 0.15) is 11.5 Å². The van der Waals surface area contributed by atoms with E-state index in [1.807, 2.05) is 6.07 Å². The first-order valence-corrected chi connectivity index (χ1v) is 8.27. The summed E-state index contributed by atoms with van der Waals surface area (Å²) < 4.78 is 29.8. The fourth-order valence-electron chi connectivity index (χ4n) is 2.58. The van der Waals surface area contributed by atoms with Crippen molar-refractivity contribution in [3.05, 3.63) is 53.0 Å². The summed E-state index contributed by atoms with van der Waals surface area (Å²) >= 11 is 0. The Morgan fingerprint density at radius 1 is 1.14 bits per heavy atom. The number of benzene rings is 1. The van der Waals surface area contributed by atoms with Crippen LogP contribution >= 0.6 is 0 Å². The van der Waals surface area contributed by atoms with Gasteiger partial charge in [-0.15, -0.1) is 0 Å². The van der Waals surface area contributed by atoms with E-state index < -0.39 is 15.8 Å². The lowest BCUT2D eigenvalue weighted by Crippen LogP contribution is -2.05. The average molecular weight is 306 g/mol. The molecule has 0 unspecified atom stereocenters. The molecular weight excluding hydrogens is 292 g/mol. The molecule has 0 fully saturated rings. The van der Waals surface area contributed by atoms with Gasteiger partial charge < -0.3 is 9.52 Å². The standard InChI is InChI=1S/C15H14O5S/c16-15(17)14-7-5-12(20-14)9-21(18,19)13-6-4-10-2-1-3-11(10)8-13/h4-8H,1-3,9H2,(H,16,17). The van der Waals surface area contributed by atoms with Gasteiger partial charge in [-0.05, 0) is 54.7 Å². The van der Waals surface area contributed by atoms with Gasteiger partial charge in [0, 0.05) is 0 Å². The Labute approximate surface area is 122 Å². The summed E-state index contributed by atoms with van der Waals surface area (Å²) in [6.45, 7) is 0. The Bertz CT molecular complexity index is 801. The third kappa shape index (κ3) is 2.71. The number of hydrogen-bond donors (Lipinski definition) is 1. The number of carboxylic acid groups (broad SMARTS) is 1. The Hall–Kier alpha value is -2.08. The first kappa shape index (κ1) is 13.9. The lowest BCUT2D eigenvalue weighted by molar-refractivity contribution is 0.0660. The molecule has 0 bridgehead atoms. The minimum Gasteiger partial charge on any atom is -0.475 e. The smallest absolute Gasteiger partial charge is 0.371 e. The van der Waals surface area contributed by atoms with E-state index in [0.29, 0.717) is 0 Å². The lowest BCUT2D eigenvalue weighted by atomic mass is 10.1. The third-order valence-corrected chi connectivity index (χ3v) is 5.27. The zero-order valence-corrected chi connectivity index (χ0v) is 12.0. The fourth-order valence-corrected chi connectivity index (χ4v) is 3.88. The maximum absolute atomic E-state index is 12.4. The molecule has 0 saturated heterocycles. The topological polar surface area (TPSA) is 84.6 Å². The summed E-state index contributed by atoms with van der Waals surface area (Å²) in [5, 5.41) is 8.78. The minimum absolute atomic E-state index is 0.132. The first-order valence-electron chi connectivity index (χ1n) is 6.62. The van der Waals surface area contributed by atoms with Gasteiger partial charge in [-0.2, -0.15) is 0 Å². The number of sulfone groups is 1. The van der Waals surface area contributed by atoms with E-state index in [0.717, 1.165) is 24.8 Å². The van der Waals surface area contributed by atoms with Gasteiger partial charge >= 0.3 is 5.97 Å². The van der Waals surface area contributed by atoms with Crippen LogP contribution in [-0.2, 0) is 28.4 Å². The van der Waals surface area contributed by atoms with E-state index in [9.17, 15) is 13.2 Å². The second kappa shape index (κ2) is 5.04. The summed E-state index contributed by atoms with van der Waals surface area (Å²) in [5.74, 6) is -1.67. The highest BCUT2D eigenvalue weighted by molar-refractivity contribution is 7.90. The Kier molecular flexibility index (Phi) is 3.33. The molecule has 1 N–H and O–H groups in total. The molecule has 1 aliphatic carbocycles. The highest BCUT2D eigenvalue weighted by Gasteiger charge is 2.21. The van der Waals surface area contributed by atoms with Crippen molar-refractivity contribution < 1.29 is 22.7 Å². The fraction of sp³-hybridized carbons (Fsp3) is 0.267. The maximum Gasteiger partial charge on any atom is 0.371 e. The highest BCUT2D eigenvalue weighted by Crippen LogP contribution is 2.26. The number of aryl methyl sites for hydroxylation is 2. The molecule has 1 aromatic heterocycles. The molecule has 1 aromatic carbocycles. The second-order valence-electron chi connectivity index (χ2n) is 5.11. The number of carboxylic acids is 1. The molecule has 110 valence electrons. The molecule has 5 nitrogen and oxygen atoms in total. The average Bonchev–Trinajstić information content (AvgIpc) is 3.05. The van der Waals surface area contributed by atoms with Gasteiger partial charge in [0.05, 0.1) is 4.90 Å². The van der Waals surface area contributed by atoms with Crippen molar-refractivity contribution in [2.75, 3.05) is 0 Å².